The molecule has 366 valence electrons. The van der Waals surface area contributed by atoms with Gasteiger partial charge in [-0.25, -0.2) is 0 Å². The second-order valence-electron chi connectivity index (χ2n) is 21.0. The first kappa shape index (κ1) is 44.7. The highest BCUT2D eigenvalue weighted by atomic mass is 32.2. The van der Waals surface area contributed by atoms with Crippen molar-refractivity contribution in [1.29, 1.82) is 0 Å². The van der Waals surface area contributed by atoms with Gasteiger partial charge in [-0.1, -0.05) is 168 Å². The Morgan fingerprint density at radius 1 is 0.269 bits per heavy atom. The maximum atomic E-state index is 2.53. The zero-order chi connectivity index (χ0) is 51.3. The highest BCUT2D eigenvalue weighted by molar-refractivity contribution is 8.00. The molecule has 0 atom stereocenters. The summed E-state index contributed by atoms with van der Waals surface area (Å²) in [5, 5.41) is 15.3. The highest BCUT2D eigenvalue weighted by Crippen LogP contribution is 2.58. The van der Waals surface area contributed by atoms with Crippen molar-refractivity contribution in [1.82, 2.24) is 0 Å². The lowest BCUT2D eigenvalue weighted by Gasteiger charge is -2.34. The predicted molar refractivity (Wildman–Crippen MR) is 340 cm³/mol. The highest BCUT2D eigenvalue weighted by Gasteiger charge is 2.30. The zero-order valence-corrected chi connectivity index (χ0v) is 45.7. The molecule has 0 saturated carbocycles. The minimum atomic E-state index is 1.14. The first-order valence-corrected chi connectivity index (χ1v) is 29.8. The fraction of sp³-hybridized carbons (Fsp3) is 0.0278. The number of rotatable bonds is 4. The molecule has 78 heavy (non-hydrogen) atoms. The Morgan fingerprint density at radius 3 is 1.08 bits per heavy atom. The number of aryl methyl sites for hydroxylation is 2. The molecule has 15 aromatic rings. The van der Waals surface area contributed by atoms with Crippen molar-refractivity contribution in [3.05, 3.63) is 242 Å². The molecule has 0 saturated heterocycles. The van der Waals surface area contributed by atoms with Gasteiger partial charge in [0.1, 0.15) is 0 Å². The number of hydrogen-bond acceptors (Lipinski definition) is 6. The van der Waals surface area contributed by atoms with E-state index in [-0.39, 0.29) is 0 Å². The van der Waals surface area contributed by atoms with E-state index in [1.54, 1.807) is 0 Å². The van der Waals surface area contributed by atoms with E-state index in [4.69, 9.17) is 0 Å². The second kappa shape index (κ2) is 17.1. The Kier molecular flexibility index (Phi) is 9.79. The summed E-state index contributed by atoms with van der Waals surface area (Å²) < 4.78 is 5.24. The molecule has 0 amide bonds. The quantitative estimate of drug-likeness (QED) is 0.162. The molecule has 13 aromatic carbocycles. The molecule has 2 aliphatic rings. The molecule has 2 aliphatic heterocycles. The van der Waals surface area contributed by atoms with Gasteiger partial charge in [0.15, 0.2) is 0 Å². The monoisotopic (exact) mass is 1060 g/mol. The van der Waals surface area contributed by atoms with Gasteiger partial charge in [0.25, 0.3) is 0 Å². The molecule has 2 aromatic heterocycles. The standard InChI is InChI=1S/C72H44N2S4/c1-41-19-23-43(24-20-41)71-51-29-27-50(74-60-16-8-10-18-64(60)76-70-38-56-54-32-46-12-4-6-14-48(46)34-66(54)78-68(56)40-62(70)74)36-58(51)72(44-25-21-42(2)22-26-44)52-30-28-49(35-57(52)71)73-59-15-7-9-17-63(59)75-69-37-55-53-31-45-11-3-5-13-47(45)33-65(53)77-67(55)39-61(69)73/h3-40H,1-2H3. The lowest BCUT2D eigenvalue weighted by Crippen LogP contribution is -2.15. The number of anilines is 6. The van der Waals surface area contributed by atoms with Crippen LogP contribution in [0.5, 0.6) is 0 Å². The minimum Gasteiger partial charge on any atom is -0.308 e. The van der Waals surface area contributed by atoms with E-state index in [9.17, 15) is 0 Å². The average Bonchev–Trinajstić information content (AvgIpc) is 4.12. The molecule has 17 rings (SSSR count). The van der Waals surface area contributed by atoms with Crippen molar-refractivity contribution in [3.63, 3.8) is 0 Å². The number of para-hydroxylation sites is 2. The number of benzene rings is 13. The van der Waals surface area contributed by atoms with Crippen molar-refractivity contribution in [2.45, 2.75) is 33.4 Å². The number of thiophene rings is 2. The van der Waals surface area contributed by atoms with Gasteiger partial charge >= 0.3 is 0 Å². The molecule has 0 radical (unpaired) electrons. The molecule has 6 heteroatoms. The normalized spacial score (nSPS) is 13.1. The lowest BCUT2D eigenvalue weighted by molar-refractivity contribution is 1.18. The maximum Gasteiger partial charge on any atom is 0.0616 e. The summed E-state index contributed by atoms with van der Waals surface area (Å²) in [6.07, 6.45) is 0. The Balaban J connectivity index is 0.909. The van der Waals surface area contributed by atoms with Gasteiger partial charge in [-0.05, 0) is 176 Å². The van der Waals surface area contributed by atoms with E-state index >= 15 is 0 Å². The molecule has 0 fully saturated rings. The van der Waals surface area contributed by atoms with E-state index in [0.29, 0.717) is 0 Å². The fourth-order valence-electron chi connectivity index (χ4n) is 12.5. The summed E-state index contributed by atoms with van der Waals surface area (Å²) in [6, 6.07) is 87.6. The smallest absolute Gasteiger partial charge is 0.0616 e. The van der Waals surface area contributed by atoms with Crippen LogP contribution in [0.1, 0.15) is 11.1 Å². The Hall–Kier alpha value is -8.36. The Morgan fingerprint density at radius 2 is 0.641 bits per heavy atom. The third kappa shape index (κ3) is 6.83. The van der Waals surface area contributed by atoms with Gasteiger partial charge in [0.2, 0.25) is 0 Å². The van der Waals surface area contributed by atoms with Crippen molar-refractivity contribution < 1.29 is 0 Å². The minimum absolute atomic E-state index is 1.14. The van der Waals surface area contributed by atoms with Crippen LogP contribution >= 0.6 is 46.2 Å². The van der Waals surface area contributed by atoms with E-state index in [0.717, 1.165) is 11.4 Å². The average molecular weight is 1070 g/mol. The summed E-state index contributed by atoms with van der Waals surface area (Å²) in [7, 11) is 0. The third-order valence-electron chi connectivity index (χ3n) is 16.3. The van der Waals surface area contributed by atoms with E-state index in [1.165, 1.54) is 159 Å². The predicted octanol–water partition coefficient (Wildman–Crippen LogP) is 22.9. The summed E-state index contributed by atoms with van der Waals surface area (Å²) in [4.78, 5) is 10.1. The summed E-state index contributed by atoms with van der Waals surface area (Å²) in [5.41, 5.74) is 14.5. The van der Waals surface area contributed by atoms with Crippen molar-refractivity contribution >= 4 is 164 Å². The van der Waals surface area contributed by atoms with Crippen LogP contribution in [0.4, 0.5) is 34.1 Å². The molecule has 0 bridgehead atoms. The SMILES string of the molecule is Cc1ccc(-c2c3ccc(N4c5ccccc5Sc5cc6c(cc54)sc4cc5ccccc5cc46)cc3c(-c3ccc(C)cc3)c3ccc(N4c5ccccc5Sc5cc6c(cc54)sc4cc5ccccc5cc46)cc23)cc1. The first-order valence-electron chi connectivity index (χ1n) is 26.5. The van der Waals surface area contributed by atoms with Gasteiger partial charge in [0, 0.05) is 71.3 Å². The molecule has 0 unspecified atom stereocenters. The maximum absolute atomic E-state index is 2.53. The molecule has 0 spiro atoms. The Labute approximate surface area is 467 Å². The van der Waals surface area contributed by atoms with E-state index in [2.05, 4.69) is 254 Å². The van der Waals surface area contributed by atoms with Gasteiger partial charge in [-0.2, -0.15) is 0 Å². The van der Waals surface area contributed by atoms with Crippen molar-refractivity contribution in [3.8, 4) is 22.3 Å². The zero-order valence-electron chi connectivity index (χ0n) is 42.5. The van der Waals surface area contributed by atoms with Crippen molar-refractivity contribution in [2.75, 3.05) is 9.80 Å². The van der Waals surface area contributed by atoms with Gasteiger partial charge in [-0.3, -0.25) is 0 Å². The molecule has 2 nitrogen and oxygen atoms in total. The molecular formula is C72H44N2S4. The molecule has 0 N–H and O–H groups in total. The van der Waals surface area contributed by atoms with Crippen LogP contribution in [0.2, 0.25) is 0 Å². The van der Waals surface area contributed by atoms with Crippen LogP contribution in [0.25, 0.3) is 106 Å². The summed E-state index contributed by atoms with van der Waals surface area (Å²) in [6.45, 7) is 4.37. The first-order chi connectivity index (χ1) is 38.4. The Bertz CT molecular complexity index is 4750. The van der Waals surface area contributed by atoms with Crippen LogP contribution < -0.4 is 9.80 Å². The van der Waals surface area contributed by atoms with Crippen LogP contribution in [0, 0.1) is 13.8 Å². The number of fused-ring (bicyclic) bond motifs is 14. The van der Waals surface area contributed by atoms with E-state index < -0.39 is 0 Å². The van der Waals surface area contributed by atoms with Gasteiger partial charge < -0.3 is 9.80 Å². The fourth-order valence-corrected chi connectivity index (χ4v) is 17.0. The van der Waals surface area contributed by atoms with Gasteiger partial charge in [0.05, 0.1) is 22.7 Å². The van der Waals surface area contributed by atoms with Crippen LogP contribution in [-0.4, -0.2) is 0 Å². The summed E-state index contributed by atoms with van der Waals surface area (Å²) in [5.74, 6) is 0. The third-order valence-corrected chi connectivity index (χ3v) is 20.7. The second-order valence-corrected chi connectivity index (χ2v) is 25.3. The van der Waals surface area contributed by atoms with Crippen molar-refractivity contribution in [2.24, 2.45) is 0 Å². The van der Waals surface area contributed by atoms with Gasteiger partial charge in [-0.15, -0.1) is 22.7 Å². The van der Waals surface area contributed by atoms with Crippen LogP contribution in [-0.2, 0) is 0 Å². The van der Waals surface area contributed by atoms with E-state index in [1.807, 2.05) is 46.2 Å². The van der Waals surface area contributed by atoms with Crippen LogP contribution in [0.3, 0.4) is 0 Å². The lowest BCUT2D eigenvalue weighted by atomic mass is 9.85. The number of nitrogens with zero attached hydrogens (tertiary/aromatic N) is 2. The molecule has 0 aliphatic carbocycles. The van der Waals surface area contributed by atoms with Crippen LogP contribution in [0.15, 0.2) is 250 Å². The molecule has 4 heterocycles. The molecular weight excluding hydrogens is 1020 g/mol. The largest absolute Gasteiger partial charge is 0.308 e. The topological polar surface area (TPSA) is 6.48 Å². The summed E-state index contributed by atoms with van der Waals surface area (Å²) >= 11 is 7.56. The number of hydrogen-bond donors (Lipinski definition) is 0.